The van der Waals surface area contributed by atoms with Crippen LogP contribution in [0.2, 0.25) is 0 Å². The Bertz CT molecular complexity index is 179. The van der Waals surface area contributed by atoms with Crippen molar-refractivity contribution in [2.45, 2.75) is 19.3 Å². The number of nitrogens with one attached hydrogen (secondary N) is 1. The first-order chi connectivity index (χ1) is 7.70. The quantitative estimate of drug-likeness (QED) is 0.466. The first-order valence-corrected chi connectivity index (χ1v) is 6.24. The largest absolute Gasteiger partial charge is 0.383 e. The third-order valence-electron chi connectivity index (χ3n) is 2.28. The highest BCUT2D eigenvalue weighted by Gasteiger charge is 2.01. The van der Waals surface area contributed by atoms with Gasteiger partial charge in [0.2, 0.25) is 5.91 Å². The second-order valence-corrected chi connectivity index (χ2v) is 4.17. The van der Waals surface area contributed by atoms with E-state index in [9.17, 15) is 4.79 Å². The van der Waals surface area contributed by atoms with Crippen molar-refractivity contribution in [2.24, 2.45) is 0 Å². The van der Waals surface area contributed by atoms with Gasteiger partial charge in [-0.25, -0.2) is 0 Å². The Morgan fingerprint density at radius 3 is 2.75 bits per heavy atom. The van der Waals surface area contributed by atoms with E-state index in [1.165, 1.54) is 0 Å². The number of likely N-dealkylation sites (N-methyl/N-ethyl adjacent to an activating group) is 1. The van der Waals surface area contributed by atoms with E-state index < -0.39 is 0 Å². The van der Waals surface area contributed by atoms with Crippen LogP contribution < -0.4 is 5.32 Å². The molecule has 4 nitrogen and oxygen atoms in total. The summed E-state index contributed by atoms with van der Waals surface area (Å²) in [6.07, 6.45) is 2.35. The fraction of sp³-hybridized carbons (Fsp3) is 0.909. The molecule has 0 saturated heterocycles. The van der Waals surface area contributed by atoms with Crippen LogP contribution in [0.4, 0.5) is 0 Å². The van der Waals surface area contributed by atoms with Crippen LogP contribution in [0.1, 0.15) is 19.3 Å². The molecule has 0 rings (SSSR count). The van der Waals surface area contributed by atoms with Gasteiger partial charge in [0.25, 0.3) is 0 Å². The molecule has 0 bridgehead atoms. The SMILES string of the molecule is COCCN(C)CCNC(=O)CCCCCl. The van der Waals surface area contributed by atoms with E-state index in [-0.39, 0.29) is 5.91 Å². The smallest absolute Gasteiger partial charge is 0.220 e. The van der Waals surface area contributed by atoms with Crippen LogP contribution in [0, 0.1) is 0 Å². The van der Waals surface area contributed by atoms with Gasteiger partial charge < -0.3 is 15.0 Å². The normalized spacial score (nSPS) is 10.8. The van der Waals surface area contributed by atoms with Crippen molar-refractivity contribution >= 4 is 17.5 Å². The first-order valence-electron chi connectivity index (χ1n) is 5.71. The standard InChI is InChI=1S/C11H23ClN2O2/c1-14(9-10-16-2)8-7-13-11(15)5-3-4-6-12/h3-10H2,1-2H3,(H,13,15). The minimum Gasteiger partial charge on any atom is -0.383 e. The number of rotatable bonds is 10. The van der Waals surface area contributed by atoms with E-state index in [0.717, 1.165) is 32.5 Å². The molecule has 0 saturated carbocycles. The summed E-state index contributed by atoms with van der Waals surface area (Å²) in [5.41, 5.74) is 0. The highest BCUT2D eigenvalue weighted by atomic mass is 35.5. The molecule has 0 aromatic rings. The number of ether oxygens (including phenoxy) is 1. The average Bonchev–Trinajstić information content (AvgIpc) is 2.26. The number of carbonyl (C=O) groups excluding carboxylic acids is 1. The molecule has 0 aliphatic heterocycles. The van der Waals surface area contributed by atoms with Gasteiger partial charge in [-0.2, -0.15) is 0 Å². The summed E-state index contributed by atoms with van der Waals surface area (Å²) >= 11 is 5.53. The summed E-state index contributed by atoms with van der Waals surface area (Å²) in [6, 6.07) is 0. The zero-order valence-electron chi connectivity index (χ0n) is 10.3. The molecule has 0 atom stereocenters. The first kappa shape index (κ1) is 15.7. The van der Waals surface area contributed by atoms with E-state index in [4.69, 9.17) is 16.3 Å². The summed E-state index contributed by atoms with van der Waals surface area (Å²) in [5.74, 6) is 0.748. The summed E-state index contributed by atoms with van der Waals surface area (Å²) in [7, 11) is 3.70. The van der Waals surface area contributed by atoms with E-state index in [2.05, 4.69) is 10.2 Å². The van der Waals surface area contributed by atoms with Gasteiger partial charge in [-0.15, -0.1) is 11.6 Å². The summed E-state index contributed by atoms with van der Waals surface area (Å²) < 4.78 is 4.96. The molecular weight excluding hydrogens is 228 g/mol. The molecular formula is C11H23ClN2O2. The Morgan fingerprint density at radius 2 is 2.12 bits per heavy atom. The van der Waals surface area contributed by atoms with Gasteiger partial charge in [-0.3, -0.25) is 4.79 Å². The zero-order valence-corrected chi connectivity index (χ0v) is 11.1. The molecule has 1 N–H and O–H groups in total. The molecule has 0 unspecified atom stereocenters. The number of hydrogen-bond acceptors (Lipinski definition) is 3. The molecule has 0 heterocycles. The van der Waals surface area contributed by atoms with Gasteiger partial charge in [0.15, 0.2) is 0 Å². The summed E-state index contributed by atoms with van der Waals surface area (Å²) in [5, 5.41) is 2.88. The van der Waals surface area contributed by atoms with Crippen LogP contribution >= 0.6 is 11.6 Å². The molecule has 0 aliphatic carbocycles. The van der Waals surface area contributed by atoms with E-state index in [0.29, 0.717) is 18.8 Å². The van der Waals surface area contributed by atoms with Crippen molar-refractivity contribution < 1.29 is 9.53 Å². The minimum atomic E-state index is 0.116. The van der Waals surface area contributed by atoms with Crippen LogP contribution in [0.15, 0.2) is 0 Å². The van der Waals surface area contributed by atoms with Crippen LogP contribution in [0.3, 0.4) is 0 Å². The third-order valence-corrected chi connectivity index (χ3v) is 2.55. The summed E-state index contributed by atoms with van der Waals surface area (Å²) in [6.45, 7) is 3.16. The average molecular weight is 251 g/mol. The van der Waals surface area contributed by atoms with Crippen LogP contribution in [0.25, 0.3) is 0 Å². The van der Waals surface area contributed by atoms with E-state index in [1.54, 1.807) is 7.11 Å². The van der Waals surface area contributed by atoms with Crippen molar-refractivity contribution in [3.05, 3.63) is 0 Å². The second kappa shape index (κ2) is 11.2. The zero-order chi connectivity index (χ0) is 12.2. The highest BCUT2D eigenvalue weighted by Crippen LogP contribution is 1.96. The van der Waals surface area contributed by atoms with E-state index >= 15 is 0 Å². The number of alkyl halides is 1. The lowest BCUT2D eigenvalue weighted by atomic mass is 10.2. The maximum Gasteiger partial charge on any atom is 0.220 e. The maximum atomic E-state index is 11.3. The van der Waals surface area contributed by atoms with Gasteiger partial charge in [-0.05, 0) is 19.9 Å². The van der Waals surface area contributed by atoms with Crippen LogP contribution in [0.5, 0.6) is 0 Å². The molecule has 0 aliphatic rings. The predicted molar refractivity (Wildman–Crippen MR) is 67.0 cm³/mol. The van der Waals surface area contributed by atoms with Gasteiger partial charge in [0.1, 0.15) is 0 Å². The number of halogens is 1. The molecule has 0 aromatic carbocycles. The van der Waals surface area contributed by atoms with Gasteiger partial charge in [0.05, 0.1) is 6.61 Å². The lowest BCUT2D eigenvalue weighted by molar-refractivity contribution is -0.121. The van der Waals surface area contributed by atoms with Crippen LogP contribution in [-0.4, -0.2) is 57.1 Å². The number of nitrogens with zero attached hydrogens (tertiary/aromatic N) is 1. The predicted octanol–water partition coefficient (Wildman–Crippen LogP) is 1.09. The fourth-order valence-electron chi connectivity index (χ4n) is 1.21. The number of carbonyl (C=O) groups is 1. The molecule has 5 heteroatoms. The third kappa shape index (κ3) is 10.2. The topological polar surface area (TPSA) is 41.6 Å². The van der Waals surface area contributed by atoms with E-state index in [1.807, 2.05) is 7.05 Å². The monoisotopic (exact) mass is 250 g/mol. The molecule has 0 spiro atoms. The Labute approximate surface area is 103 Å². The molecule has 1 amide bonds. The van der Waals surface area contributed by atoms with Crippen molar-refractivity contribution in [1.29, 1.82) is 0 Å². The number of methoxy groups -OCH3 is 1. The fourth-order valence-corrected chi connectivity index (χ4v) is 1.40. The Morgan fingerprint density at radius 1 is 1.38 bits per heavy atom. The van der Waals surface area contributed by atoms with Crippen molar-refractivity contribution in [3.8, 4) is 0 Å². The Balaban J connectivity index is 3.32. The van der Waals surface area contributed by atoms with Crippen molar-refractivity contribution in [3.63, 3.8) is 0 Å². The number of amides is 1. The van der Waals surface area contributed by atoms with Crippen LogP contribution in [-0.2, 0) is 9.53 Å². The lowest BCUT2D eigenvalue weighted by Crippen LogP contribution is -2.34. The molecule has 96 valence electrons. The minimum absolute atomic E-state index is 0.116. The molecule has 16 heavy (non-hydrogen) atoms. The second-order valence-electron chi connectivity index (χ2n) is 3.79. The van der Waals surface area contributed by atoms with Gasteiger partial charge >= 0.3 is 0 Å². The molecule has 0 fully saturated rings. The number of unbranched alkanes of at least 4 members (excludes halogenated alkanes) is 1. The maximum absolute atomic E-state index is 11.3. The lowest BCUT2D eigenvalue weighted by Gasteiger charge is -2.16. The number of hydrogen-bond donors (Lipinski definition) is 1. The highest BCUT2D eigenvalue weighted by molar-refractivity contribution is 6.17. The molecule has 0 radical (unpaired) electrons. The van der Waals surface area contributed by atoms with Crippen molar-refractivity contribution in [2.75, 3.05) is 46.3 Å². The van der Waals surface area contributed by atoms with Gasteiger partial charge in [0, 0.05) is 39.0 Å². The summed E-state index contributed by atoms with van der Waals surface area (Å²) in [4.78, 5) is 13.4. The van der Waals surface area contributed by atoms with Crippen molar-refractivity contribution in [1.82, 2.24) is 10.2 Å². The van der Waals surface area contributed by atoms with Gasteiger partial charge in [-0.1, -0.05) is 0 Å². The Kier molecular flexibility index (Phi) is 11.0. The molecule has 0 aromatic heterocycles. The Hall–Kier alpha value is -0.320.